The highest BCUT2D eigenvalue weighted by Gasteiger charge is 2.20. The van der Waals surface area contributed by atoms with E-state index in [0.717, 1.165) is 55.2 Å². The van der Waals surface area contributed by atoms with Gasteiger partial charge in [0.05, 0.1) is 18.4 Å². The van der Waals surface area contributed by atoms with Crippen molar-refractivity contribution in [3.8, 4) is 0 Å². The van der Waals surface area contributed by atoms with E-state index in [1.54, 1.807) is 19.1 Å². The van der Waals surface area contributed by atoms with Gasteiger partial charge >= 0.3 is 5.97 Å². The number of carbonyl (C=O) groups excluding carboxylic acids is 2. The van der Waals surface area contributed by atoms with E-state index in [0.29, 0.717) is 12.0 Å². The van der Waals surface area contributed by atoms with Gasteiger partial charge < -0.3 is 14.6 Å². The van der Waals surface area contributed by atoms with Crippen LogP contribution in [0.1, 0.15) is 39.7 Å². The summed E-state index contributed by atoms with van der Waals surface area (Å²) in [5.74, 6) is -0.248. The lowest BCUT2D eigenvalue weighted by Gasteiger charge is -2.34. The van der Waals surface area contributed by atoms with Crippen LogP contribution in [-0.4, -0.2) is 66.7 Å². The van der Waals surface area contributed by atoms with E-state index in [-0.39, 0.29) is 5.91 Å². The quantitative estimate of drug-likeness (QED) is 0.319. The number of nitrogens with one attached hydrogen (secondary N) is 2. The third kappa shape index (κ3) is 4.82. The van der Waals surface area contributed by atoms with E-state index in [4.69, 9.17) is 4.74 Å². The van der Waals surface area contributed by atoms with Crippen LogP contribution in [0, 0.1) is 6.92 Å². The molecule has 0 radical (unpaired) electrons. The molecule has 0 atom stereocenters. The number of fused-ring (bicyclic) bond motifs is 1. The van der Waals surface area contributed by atoms with Gasteiger partial charge in [-0.1, -0.05) is 18.2 Å². The Morgan fingerprint density at radius 1 is 1.15 bits per heavy atom. The lowest BCUT2D eigenvalue weighted by atomic mass is 10.0. The Morgan fingerprint density at radius 2 is 1.91 bits per heavy atom. The highest BCUT2D eigenvalue weighted by Crippen LogP contribution is 2.30. The van der Waals surface area contributed by atoms with Crippen molar-refractivity contribution in [1.29, 1.82) is 0 Å². The lowest BCUT2D eigenvalue weighted by Crippen LogP contribution is -2.47. The molecule has 0 spiro atoms. The number of piperazine rings is 1. The number of benzene rings is 2. The zero-order valence-corrected chi connectivity index (χ0v) is 20.0. The molecule has 8 heteroatoms. The van der Waals surface area contributed by atoms with Crippen molar-refractivity contribution >= 4 is 35.2 Å². The Balaban J connectivity index is 1.59. The van der Waals surface area contributed by atoms with E-state index in [9.17, 15) is 9.59 Å². The molecule has 34 heavy (non-hydrogen) atoms. The average molecular weight is 462 g/mol. The van der Waals surface area contributed by atoms with Gasteiger partial charge in [-0.05, 0) is 41.8 Å². The minimum absolute atomic E-state index is 0.146. The predicted molar refractivity (Wildman–Crippen MR) is 134 cm³/mol. The number of amides is 1. The van der Waals surface area contributed by atoms with E-state index >= 15 is 0 Å². The Labute approximate surface area is 199 Å². The topological polar surface area (TPSA) is 90.0 Å². The lowest BCUT2D eigenvalue weighted by molar-refractivity contribution is -0.130. The van der Waals surface area contributed by atoms with Crippen molar-refractivity contribution in [1.82, 2.24) is 14.8 Å². The van der Waals surface area contributed by atoms with Crippen LogP contribution in [-0.2, 0) is 22.5 Å². The van der Waals surface area contributed by atoms with Gasteiger partial charge in [-0.15, -0.1) is 0 Å². The SMILES string of the molecule is C=NNc1cc(C(=O)OC)ccc1Cc1[nH]c2cccc(CN3CCN(C(C)=O)CC3)c2c1C. The number of aryl methyl sites for hydroxylation is 1. The maximum atomic E-state index is 11.9. The second kappa shape index (κ2) is 10.1. The van der Waals surface area contributed by atoms with Crippen molar-refractivity contribution < 1.29 is 14.3 Å². The molecule has 0 bridgehead atoms. The van der Waals surface area contributed by atoms with Gasteiger partial charge in [0, 0.05) is 69.4 Å². The molecule has 1 saturated heterocycles. The first-order valence-corrected chi connectivity index (χ1v) is 11.4. The summed E-state index contributed by atoms with van der Waals surface area (Å²) in [6, 6.07) is 11.8. The summed E-state index contributed by atoms with van der Waals surface area (Å²) in [4.78, 5) is 31.5. The van der Waals surface area contributed by atoms with Crippen LogP contribution in [0.25, 0.3) is 10.9 Å². The van der Waals surface area contributed by atoms with Crippen LogP contribution in [0.4, 0.5) is 5.69 Å². The standard InChI is InChI=1S/C26H31N5O3/c1-17-23(14-19-8-9-20(26(33)34-4)15-24(19)29-27-3)28-22-7-5-6-21(25(17)22)16-30-10-12-31(13-11-30)18(2)32/h5-9,15,28-29H,3,10-14,16H2,1-2,4H3. The Morgan fingerprint density at radius 3 is 2.59 bits per heavy atom. The summed E-state index contributed by atoms with van der Waals surface area (Å²) < 4.78 is 4.84. The summed E-state index contributed by atoms with van der Waals surface area (Å²) >= 11 is 0. The molecule has 1 aromatic heterocycles. The molecule has 1 aliphatic heterocycles. The van der Waals surface area contributed by atoms with Gasteiger partial charge in [-0.3, -0.25) is 15.1 Å². The van der Waals surface area contributed by atoms with Crippen LogP contribution < -0.4 is 5.43 Å². The molecule has 2 heterocycles. The van der Waals surface area contributed by atoms with Crippen LogP contribution in [0.5, 0.6) is 0 Å². The number of anilines is 1. The number of H-pyrrole nitrogens is 1. The third-order valence-electron chi connectivity index (χ3n) is 6.57. The van der Waals surface area contributed by atoms with Crippen LogP contribution >= 0.6 is 0 Å². The maximum Gasteiger partial charge on any atom is 0.337 e. The van der Waals surface area contributed by atoms with Crippen LogP contribution in [0.3, 0.4) is 0 Å². The molecule has 178 valence electrons. The summed E-state index contributed by atoms with van der Waals surface area (Å²) in [5.41, 5.74) is 9.79. The first-order chi connectivity index (χ1) is 16.4. The van der Waals surface area contributed by atoms with Crippen LogP contribution in [0.2, 0.25) is 0 Å². The zero-order chi connectivity index (χ0) is 24.2. The number of aromatic amines is 1. The van der Waals surface area contributed by atoms with E-state index in [2.05, 4.69) is 52.3 Å². The zero-order valence-electron chi connectivity index (χ0n) is 20.0. The number of hydrogen-bond donors (Lipinski definition) is 2. The van der Waals surface area contributed by atoms with Crippen molar-refractivity contribution in [2.24, 2.45) is 5.10 Å². The molecular formula is C26H31N5O3. The summed E-state index contributed by atoms with van der Waals surface area (Å²) in [5, 5.41) is 5.05. The highest BCUT2D eigenvalue weighted by atomic mass is 16.5. The van der Waals surface area contributed by atoms with Gasteiger partial charge in [-0.2, -0.15) is 5.10 Å². The molecule has 0 aliphatic carbocycles. The fraction of sp³-hybridized carbons (Fsp3) is 0.346. The molecule has 3 aromatic rings. The van der Waals surface area contributed by atoms with Gasteiger partial charge in [0.15, 0.2) is 0 Å². The molecule has 0 unspecified atom stereocenters. The Bertz CT molecular complexity index is 1220. The molecule has 8 nitrogen and oxygen atoms in total. The molecule has 1 amide bonds. The minimum atomic E-state index is -0.394. The highest BCUT2D eigenvalue weighted by molar-refractivity contribution is 5.91. The molecule has 1 fully saturated rings. The Hall–Kier alpha value is -3.65. The summed E-state index contributed by atoms with van der Waals surface area (Å²) in [6.07, 6.45) is 0.649. The first-order valence-electron chi connectivity index (χ1n) is 11.4. The van der Waals surface area contributed by atoms with E-state index in [1.807, 2.05) is 11.0 Å². The number of ether oxygens (including phenoxy) is 1. The predicted octanol–water partition coefficient (Wildman–Crippen LogP) is 3.55. The number of esters is 1. The van der Waals surface area contributed by atoms with Crippen LogP contribution in [0.15, 0.2) is 41.5 Å². The molecule has 4 rings (SSSR count). The second-order valence-electron chi connectivity index (χ2n) is 8.66. The number of nitrogens with zero attached hydrogens (tertiary/aromatic N) is 3. The van der Waals surface area contributed by atoms with Gasteiger partial charge in [-0.25, -0.2) is 4.79 Å². The minimum Gasteiger partial charge on any atom is -0.465 e. The molecular weight excluding hydrogens is 430 g/mol. The molecule has 0 saturated carbocycles. The van der Waals surface area contributed by atoms with Gasteiger partial charge in [0.25, 0.3) is 0 Å². The number of rotatable bonds is 7. The fourth-order valence-corrected chi connectivity index (χ4v) is 4.68. The fourth-order valence-electron chi connectivity index (χ4n) is 4.68. The average Bonchev–Trinajstić information content (AvgIpc) is 3.16. The first kappa shape index (κ1) is 23.5. The van der Waals surface area contributed by atoms with E-state index in [1.165, 1.54) is 23.6 Å². The Kier molecular flexibility index (Phi) is 6.98. The van der Waals surface area contributed by atoms with Crippen molar-refractivity contribution in [3.63, 3.8) is 0 Å². The van der Waals surface area contributed by atoms with E-state index < -0.39 is 5.97 Å². The van der Waals surface area contributed by atoms with Crippen molar-refractivity contribution in [3.05, 3.63) is 64.3 Å². The summed E-state index contributed by atoms with van der Waals surface area (Å²) in [6.45, 7) is 11.5. The molecule has 2 N–H and O–H groups in total. The maximum absolute atomic E-state index is 11.9. The molecule has 1 aliphatic rings. The number of carbonyl (C=O) groups is 2. The normalized spacial score (nSPS) is 14.3. The largest absolute Gasteiger partial charge is 0.465 e. The smallest absolute Gasteiger partial charge is 0.337 e. The monoisotopic (exact) mass is 461 g/mol. The number of hydrazone groups is 1. The van der Waals surface area contributed by atoms with Gasteiger partial charge in [0.1, 0.15) is 0 Å². The third-order valence-corrected chi connectivity index (χ3v) is 6.57. The van der Waals surface area contributed by atoms with Crippen molar-refractivity contribution in [2.75, 3.05) is 38.7 Å². The number of aromatic nitrogens is 1. The summed E-state index contributed by atoms with van der Waals surface area (Å²) in [7, 11) is 1.36. The van der Waals surface area contributed by atoms with Gasteiger partial charge in [0.2, 0.25) is 5.91 Å². The number of hydrogen-bond acceptors (Lipinski definition) is 6. The number of methoxy groups -OCH3 is 1. The second-order valence-corrected chi connectivity index (χ2v) is 8.66. The van der Waals surface area contributed by atoms with Crippen molar-refractivity contribution in [2.45, 2.75) is 26.8 Å². The molecule has 2 aromatic carbocycles.